The van der Waals surface area contributed by atoms with Crippen LogP contribution in [0.5, 0.6) is 5.75 Å². The van der Waals surface area contributed by atoms with Crippen LogP contribution in [-0.2, 0) is 13.1 Å². The third-order valence-corrected chi connectivity index (χ3v) is 3.09. The minimum Gasteiger partial charge on any atom is -0.405 e. The summed E-state index contributed by atoms with van der Waals surface area (Å²) in [6, 6.07) is 6.15. The van der Waals surface area contributed by atoms with Crippen LogP contribution >= 0.6 is 0 Å². The molecule has 1 aromatic heterocycles. The molecule has 22 heavy (non-hydrogen) atoms. The quantitative estimate of drug-likeness (QED) is 0.853. The van der Waals surface area contributed by atoms with Gasteiger partial charge in [-0.05, 0) is 18.5 Å². The van der Waals surface area contributed by atoms with E-state index in [-0.39, 0.29) is 5.75 Å². The molecule has 1 heterocycles. The van der Waals surface area contributed by atoms with Crippen molar-refractivity contribution in [3.63, 3.8) is 0 Å². The summed E-state index contributed by atoms with van der Waals surface area (Å²) in [6.45, 7) is 3.86. The summed E-state index contributed by atoms with van der Waals surface area (Å²) < 4.78 is 43.0. The van der Waals surface area contributed by atoms with Crippen molar-refractivity contribution < 1.29 is 17.9 Å². The van der Waals surface area contributed by atoms with E-state index in [1.165, 1.54) is 12.1 Å². The van der Waals surface area contributed by atoms with E-state index < -0.39 is 6.36 Å². The fourth-order valence-electron chi connectivity index (χ4n) is 2.15. The first-order valence-corrected chi connectivity index (χ1v) is 6.94. The summed E-state index contributed by atoms with van der Waals surface area (Å²) in [5, 5.41) is 3.16. The number of halogens is 3. The van der Waals surface area contributed by atoms with Crippen LogP contribution in [0.1, 0.15) is 12.5 Å². The molecule has 0 bridgehead atoms. The van der Waals surface area contributed by atoms with Crippen LogP contribution in [0, 0.1) is 5.92 Å². The molecule has 1 unspecified atom stereocenters. The predicted octanol–water partition coefficient (Wildman–Crippen LogP) is 3.21. The lowest BCUT2D eigenvalue weighted by molar-refractivity contribution is -0.274. The highest BCUT2D eigenvalue weighted by Crippen LogP contribution is 2.26. The van der Waals surface area contributed by atoms with E-state index >= 15 is 0 Å². The number of hydrogen-bond acceptors (Lipinski definition) is 3. The van der Waals surface area contributed by atoms with E-state index in [2.05, 4.69) is 22.0 Å². The van der Waals surface area contributed by atoms with E-state index in [0.29, 0.717) is 24.6 Å². The number of ether oxygens (including phenoxy) is 1. The predicted molar refractivity (Wildman–Crippen MR) is 76.2 cm³/mol. The number of hydrogen-bond donors (Lipinski definition) is 1. The molecule has 0 aliphatic heterocycles. The Morgan fingerprint density at radius 2 is 2.09 bits per heavy atom. The van der Waals surface area contributed by atoms with E-state index in [1.54, 1.807) is 24.7 Å². The number of imidazole rings is 1. The molecule has 1 aromatic carbocycles. The van der Waals surface area contributed by atoms with Gasteiger partial charge in [0.25, 0.3) is 0 Å². The van der Waals surface area contributed by atoms with E-state index in [0.717, 1.165) is 6.54 Å². The molecule has 1 atom stereocenters. The van der Waals surface area contributed by atoms with E-state index in [9.17, 15) is 13.2 Å². The fraction of sp³-hybridized carbons (Fsp3) is 0.400. The van der Waals surface area contributed by atoms with Crippen molar-refractivity contribution >= 4 is 0 Å². The molecule has 0 fully saturated rings. The second-order valence-electron chi connectivity index (χ2n) is 5.15. The average molecular weight is 313 g/mol. The van der Waals surface area contributed by atoms with Crippen molar-refractivity contribution in [1.29, 1.82) is 0 Å². The van der Waals surface area contributed by atoms with Gasteiger partial charge in [-0.25, -0.2) is 4.98 Å². The topological polar surface area (TPSA) is 39.1 Å². The SMILES string of the molecule is CC(CNCc1ccccc1OC(F)(F)F)Cn1ccnc1. The molecule has 2 rings (SSSR count). The zero-order valence-corrected chi connectivity index (χ0v) is 12.2. The van der Waals surface area contributed by atoms with E-state index in [1.807, 2.05) is 10.8 Å². The van der Waals surface area contributed by atoms with Crippen LogP contribution in [0.25, 0.3) is 0 Å². The lowest BCUT2D eigenvalue weighted by atomic mass is 10.1. The highest BCUT2D eigenvalue weighted by Gasteiger charge is 2.31. The molecule has 120 valence electrons. The van der Waals surface area contributed by atoms with Crippen molar-refractivity contribution in [1.82, 2.24) is 14.9 Å². The van der Waals surface area contributed by atoms with Gasteiger partial charge in [0.1, 0.15) is 5.75 Å². The lowest BCUT2D eigenvalue weighted by Crippen LogP contribution is -2.24. The zero-order chi connectivity index (χ0) is 16.0. The number of benzene rings is 1. The summed E-state index contributed by atoms with van der Waals surface area (Å²) in [6.07, 6.45) is 0.654. The summed E-state index contributed by atoms with van der Waals surface area (Å²) in [4.78, 5) is 3.97. The highest BCUT2D eigenvalue weighted by atomic mass is 19.4. The number of nitrogens with one attached hydrogen (secondary N) is 1. The first-order valence-electron chi connectivity index (χ1n) is 6.94. The molecule has 0 saturated heterocycles. The summed E-state index contributed by atoms with van der Waals surface area (Å²) in [7, 11) is 0. The van der Waals surface area contributed by atoms with Gasteiger partial charge in [-0.2, -0.15) is 0 Å². The standard InChI is InChI=1S/C15H18F3N3O/c1-12(10-21-7-6-19-11-21)8-20-9-13-4-2-3-5-14(13)22-15(16,17)18/h2-7,11-12,20H,8-10H2,1H3. The van der Waals surface area contributed by atoms with Crippen LogP contribution in [-0.4, -0.2) is 22.5 Å². The molecule has 0 radical (unpaired) electrons. The Labute approximate surface area is 126 Å². The van der Waals surface area contributed by atoms with Gasteiger partial charge >= 0.3 is 6.36 Å². The number of alkyl halides is 3. The highest BCUT2D eigenvalue weighted by molar-refractivity contribution is 5.33. The zero-order valence-electron chi connectivity index (χ0n) is 12.2. The summed E-state index contributed by atoms with van der Waals surface area (Å²) in [5.41, 5.74) is 0.481. The molecule has 0 aliphatic carbocycles. The van der Waals surface area contributed by atoms with Gasteiger partial charge in [0.15, 0.2) is 0 Å². The normalized spacial score (nSPS) is 13.1. The molecule has 0 amide bonds. The maximum atomic E-state index is 12.3. The Morgan fingerprint density at radius 3 is 2.77 bits per heavy atom. The van der Waals surface area contributed by atoms with Crippen molar-refractivity contribution in [2.75, 3.05) is 6.54 Å². The lowest BCUT2D eigenvalue weighted by Gasteiger charge is -2.16. The maximum Gasteiger partial charge on any atom is 0.573 e. The minimum atomic E-state index is -4.68. The molecule has 4 nitrogen and oxygen atoms in total. The molecule has 7 heteroatoms. The average Bonchev–Trinajstić information content (AvgIpc) is 2.92. The van der Waals surface area contributed by atoms with Gasteiger partial charge < -0.3 is 14.6 Å². The third-order valence-electron chi connectivity index (χ3n) is 3.09. The molecule has 2 aromatic rings. The number of aromatic nitrogens is 2. The van der Waals surface area contributed by atoms with Crippen LogP contribution in [0.4, 0.5) is 13.2 Å². The van der Waals surface area contributed by atoms with Crippen molar-refractivity contribution in [3.8, 4) is 5.75 Å². The number of para-hydroxylation sites is 1. The van der Waals surface area contributed by atoms with Crippen LogP contribution < -0.4 is 10.1 Å². The second kappa shape index (κ2) is 7.31. The Balaban J connectivity index is 1.84. The fourth-order valence-corrected chi connectivity index (χ4v) is 2.15. The molecular weight excluding hydrogens is 295 g/mol. The van der Waals surface area contributed by atoms with Gasteiger partial charge in [0, 0.05) is 31.0 Å². The minimum absolute atomic E-state index is 0.162. The summed E-state index contributed by atoms with van der Waals surface area (Å²) >= 11 is 0. The smallest absolute Gasteiger partial charge is 0.405 e. The van der Waals surface area contributed by atoms with Crippen molar-refractivity contribution in [2.24, 2.45) is 5.92 Å². The number of nitrogens with zero attached hydrogens (tertiary/aromatic N) is 2. The Hall–Kier alpha value is -2.02. The molecule has 1 N–H and O–H groups in total. The summed E-state index contributed by atoms with van der Waals surface area (Å²) in [5.74, 6) is 0.162. The maximum absolute atomic E-state index is 12.3. The van der Waals surface area contributed by atoms with Gasteiger partial charge in [-0.15, -0.1) is 13.2 Å². The number of rotatable bonds is 7. The Morgan fingerprint density at radius 1 is 1.32 bits per heavy atom. The van der Waals surface area contributed by atoms with Crippen LogP contribution in [0.2, 0.25) is 0 Å². The Kier molecular flexibility index (Phi) is 5.43. The van der Waals surface area contributed by atoms with Gasteiger partial charge in [0.05, 0.1) is 6.33 Å². The van der Waals surface area contributed by atoms with Gasteiger partial charge in [-0.3, -0.25) is 0 Å². The van der Waals surface area contributed by atoms with Gasteiger partial charge in [-0.1, -0.05) is 25.1 Å². The second-order valence-corrected chi connectivity index (χ2v) is 5.15. The molecule has 0 aliphatic rings. The third kappa shape index (κ3) is 5.40. The van der Waals surface area contributed by atoms with Crippen molar-refractivity contribution in [3.05, 3.63) is 48.5 Å². The molecule has 0 saturated carbocycles. The van der Waals surface area contributed by atoms with Crippen LogP contribution in [0.15, 0.2) is 43.0 Å². The van der Waals surface area contributed by atoms with Crippen molar-refractivity contribution in [2.45, 2.75) is 26.4 Å². The van der Waals surface area contributed by atoms with Crippen LogP contribution in [0.3, 0.4) is 0 Å². The largest absolute Gasteiger partial charge is 0.573 e. The first kappa shape index (κ1) is 16.4. The molecule has 0 spiro atoms. The first-order chi connectivity index (χ1) is 10.4. The molecular formula is C15H18F3N3O. The monoisotopic (exact) mass is 313 g/mol. The van der Waals surface area contributed by atoms with E-state index in [4.69, 9.17) is 0 Å². The Bertz CT molecular complexity index is 570. The van der Waals surface area contributed by atoms with Gasteiger partial charge in [0.2, 0.25) is 0 Å².